The smallest absolute Gasteiger partial charge is 0.0774 e. The molecule has 1 aliphatic carbocycles. The Balaban J connectivity index is 1.85. The molecular formula is C12H23NO. The summed E-state index contributed by atoms with van der Waals surface area (Å²) >= 11 is 0. The zero-order valence-electron chi connectivity index (χ0n) is 9.17. The molecule has 2 fully saturated rings. The topological polar surface area (TPSA) is 23.5 Å². The van der Waals surface area contributed by atoms with Gasteiger partial charge in [-0.3, -0.25) is 0 Å². The molecule has 0 radical (unpaired) electrons. The van der Waals surface area contributed by atoms with Crippen LogP contribution in [-0.4, -0.2) is 35.2 Å². The van der Waals surface area contributed by atoms with E-state index in [0.29, 0.717) is 0 Å². The Morgan fingerprint density at radius 2 is 1.43 bits per heavy atom. The van der Waals surface area contributed by atoms with E-state index in [-0.39, 0.29) is 5.60 Å². The number of nitrogens with zero attached hydrogens (tertiary/aromatic N) is 1. The maximum Gasteiger partial charge on any atom is 0.0774 e. The van der Waals surface area contributed by atoms with Gasteiger partial charge in [-0.25, -0.2) is 0 Å². The molecule has 1 saturated carbocycles. The minimum absolute atomic E-state index is 0.346. The van der Waals surface area contributed by atoms with Crippen molar-refractivity contribution in [1.82, 2.24) is 4.90 Å². The molecule has 0 spiro atoms. The van der Waals surface area contributed by atoms with Crippen molar-refractivity contribution in [2.45, 2.75) is 57.0 Å². The fraction of sp³-hybridized carbons (Fsp3) is 1.00. The third kappa shape index (κ3) is 2.71. The number of aliphatic hydroxyl groups is 1. The average Bonchev–Trinajstić information content (AvgIpc) is 2.55. The maximum absolute atomic E-state index is 10.5. The van der Waals surface area contributed by atoms with E-state index in [9.17, 15) is 5.11 Å². The Bertz CT molecular complexity index is 167. The summed E-state index contributed by atoms with van der Waals surface area (Å²) in [6.45, 7) is 3.36. The molecule has 0 aromatic carbocycles. The third-order valence-electron chi connectivity index (χ3n) is 3.75. The molecular weight excluding hydrogens is 174 g/mol. The summed E-state index contributed by atoms with van der Waals surface area (Å²) in [7, 11) is 0. The van der Waals surface area contributed by atoms with Crippen molar-refractivity contribution in [3.8, 4) is 0 Å². The summed E-state index contributed by atoms with van der Waals surface area (Å²) in [5.74, 6) is 0. The van der Waals surface area contributed by atoms with Crippen LogP contribution in [0.15, 0.2) is 0 Å². The van der Waals surface area contributed by atoms with E-state index in [1.54, 1.807) is 0 Å². The fourth-order valence-electron chi connectivity index (χ4n) is 2.90. The van der Waals surface area contributed by atoms with Crippen molar-refractivity contribution in [3.63, 3.8) is 0 Å². The zero-order chi connectivity index (χ0) is 9.86. The number of β-amino-alcohol motifs (C(OH)–C–C–N with tert-alkyl or cyclic N) is 1. The van der Waals surface area contributed by atoms with Crippen LogP contribution in [0.1, 0.15) is 51.4 Å². The molecule has 2 aliphatic rings. The molecule has 2 rings (SSSR count). The molecule has 0 aromatic rings. The molecule has 2 nitrogen and oxygen atoms in total. The van der Waals surface area contributed by atoms with Gasteiger partial charge < -0.3 is 10.0 Å². The van der Waals surface area contributed by atoms with E-state index in [4.69, 9.17) is 0 Å². The summed E-state index contributed by atoms with van der Waals surface area (Å²) in [6, 6.07) is 0. The maximum atomic E-state index is 10.5. The van der Waals surface area contributed by atoms with Gasteiger partial charge >= 0.3 is 0 Å². The van der Waals surface area contributed by atoms with Crippen LogP contribution in [0, 0.1) is 0 Å². The second-order valence-corrected chi connectivity index (χ2v) is 5.12. The Morgan fingerprint density at radius 3 is 2.00 bits per heavy atom. The fourth-order valence-corrected chi connectivity index (χ4v) is 2.90. The Labute approximate surface area is 87.3 Å². The van der Waals surface area contributed by atoms with Crippen molar-refractivity contribution >= 4 is 0 Å². The van der Waals surface area contributed by atoms with E-state index < -0.39 is 0 Å². The summed E-state index contributed by atoms with van der Waals surface area (Å²) in [5, 5.41) is 10.5. The Hall–Kier alpha value is -0.0800. The van der Waals surface area contributed by atoms with Crippen LogP contribution >= 0.6 is 0 Å². The van der Waals surface area contributed by atoms with Crippen LogP contribution < -0.4 is 0 Å². The van der Waals surface area contributed by atoms with Gasteiger partial charge in [0.15, 0.2) is 0 Å². The summed E-state index contributed by atoms with van der Waals surface area (Å²) in [4.78, 5) is 2.45. The number of rotatable bonds is 2. The first kappa shape index (κ1) is 10.4. The van der Waals surface area contributed by atoms with Crippen molar-refractivity contribution in [1.29, 1.82) is 0 Å². The molecule has 1 N–H and O–H groups in total. The van der Waals surface area contributed by atoms with E-state index in [1.165, 1.54) is 51.6 Å². The van der Waals surface area contributed by atoms with Gasteiger partial charge in [-0.1, -0.05) is 25.7 Å². The molecule has 0 bridgehead atoms. The Kier molecular flexibility index (Phi) is 3.45. The highest BCUT2D eigenvalue weighted by Gasteiger charge is 2.30. The molecule has 1 aliphatic heterocycles. The number of hydrogen-bond donors (Lipinski definition) is 1. The largest absolute Gasteiger partial charge is 0.389 e. The summed E-state index contributed by atoms with van der Waals surface area (Å²) in [5.41, 5.74) is -0.346. The molecule has 1 heterocycles. The van der Waals surface area contributed by atoms with Gasteiger partial charge in [-0.15, -0.1) is 0 Å². The highest BCUT2D eigenvalue weighted by molar-refractivity contribution is 4.85. The van der Waals surface area contributed by atoms with Crippen LogP contribution in [0.5, 0.6) is 0 Å². The van der Waals surface area contributed by atoms with Gasteiger partial charge in [-0.05, 0) is 38.8 Å². The minimum atomic E-state index is -0.346. The normalized spacial score (nSPS) is 28.9. The summed E-state index contributed by atoms with van der Waals surface area (Å²) in [6.07, 6.45) is 9.82. The molecule has 0 amide bonds. The molecule has 2 heteroatoms. The monoisotopic (exact) mass is 197 g/mol. The van der Waals surface area contributed by atoms with Crippen LogP contribution in [0.4, 0.5) is 0 Å². The minimum Gasteiger partial charge on any atom is -0.389 e. The van der Waals surface area contributed by atoms with Gasteiger partial charge in [0.05, 0.1) is 5.60 Å². The lowest BCUT2D eigenvalue weighted by molar-refractivity contribution is -0.00382. The molecule has 0 unspecified atom stereocenters. The second kappa shape index (κ2) is 4.63. The van der Waals surface area contributed by atoms with E-state index in [0.717, 1.165) is 19.4 Å². The van der Waals surface area contributed by atoms with Crippen molar-refractivity contribution < 1.29 is 5.11 Å². The second-order valence-electron chi connectivity index (χ2n) is 5.12. The van der Waals surface area contributed by atoms with Gasteiger partial charge in [0.1, 0.15) is 0 Å². The first-order valence-electron chi connectivity index (χ1n) is 6.23. The zero-order valence-corrected chi connectivity index (χ0v) is 9.17. The molecule has 0 aromatic heterocycles. The lowest BCUT2D eigenvalue weighted by atomic mass is 9.94. The lowest BCUT2D eigenvalue weighted by Crippen LogP contribution is -2.41. The Morgan fingerprint density at radius 1 is 0.857 bits per heavy atom. The predicted octanol–water partition coefficient (Wildman–Crippen LogP) is 2.17. The third-order valence-corrected chi connectivity index (χ3v) is 3.75. The number of likely N-dealkylation sites (tertiary alicyclic amines) is 1. The van der Waals surface area contributed by atoms with Crippen LogP contribution in [0.25, 0.3) is 0 Å². The first-order chi connectivity index (χ1) is 6.79. The van der Waals surface area contributed by atoms with Gasteiger partial charge in [0.2, 0.25) is 0 Å². The van der Waals surface area contributed by atoms with E-state index in [1.807, 2.05) is 0 Å². The molecule has 14 heavy (non-hydrogen) atoms. The quantitative estimate of drug-likeness (QED) is 0.686. The molecule has 1 saturated heterocycles. The number of hydrogen-bond acceptors (Lipinski definition) is 2. The highest BCUT2D eigenvalue weighted by atomic mass is 16.3. The van der Waals surface area contributed by atoms with Gasteiger partial charge in [0.25, 0.3) is 0 Å². The molecule has 0 atom stereocenters. The van der Waals surface area contributed by atoms with Crippen molar-refractivity contribution in [2.24, 2.45) is 0 Å². The lowest BCUT2D eigenvalue weighted by Gasteiger charge is -2.31. The summed E-state index contributed by atoms with van der Waals surface area (Å²) < 4.78 is 0. The van der Waals surface area contributed by atoms with Crippen molar-refractivity contribution in [2.75, 3.05) is 19.6 Å². The van der Waals surface area contributed by atoms with Gasteiger partial charge in [-0.2, -0.15) is 0 Å². The van der Waals surface area contributed by atoms with E-state index >= 15 is 0 Å². The average molecular weight is 197 g/mol. The predicted molar refractivity (Wildman–Crippen MR) is 58.3 cm³/mol. The van der Waals surface area contributed by atoms with Crippen LogP contribution in [0.3, 0.4) is 0 Å². The standard InChI is InChI=1S/C12H23NO/c14-12(7-3-1-2-4-8-12)11-13-9-5-6-10-13/h14H,1-11H2. The van der Waals surface area contributed by atoms with Crippen molar-refractivity contribution in [3.05, 3.63) is 0 Å². The molecule has 82 valence electrons. The van der Waals surface area contributed by atoms with E-state index in [2.05, 4.69) is 4.90 Å². The first-order valence-corrected chi connectivity index (χ1v) is 6.23. The van der Waals surface area contributed by atoms with Crippen LogP contribution in [-0.2, 0) is 0 Å². The highest BCUT2D eigenvalue weighted by Crippen LogP contribution is 2.28. The SMILES string of the molecule is OC1(CN2CCCC2)CCCCCC1. The van der Waals surface area contributed by atoms with Crippen LogP contribution in [0.2, 0.25) is 0 Å². The van der Waals surface area contributed by atoms with Gasteiger partial charge in [0, 0.05) is 6.54 Å².